The van der Waals surface area contributed by atoms with Gasteiger partial charge in [0.1, 0.15) is 5.56 Å². The van der Waals surface area contributed by atoms with Crippen LogP contribution in [0.3, 0.4) is 0 Å². The second-order valence-electron chi connectivity index (χ2n) is 11.1. The van der Waals surface area contributed by atoms with Gasteiger partial charge in [0, 0.05) is 36.7 Å². The van der Waals surface area contributed by atoms with Crippen LogP contribution in [-0.2, 0) is 22.6 Å². The lowest BCUT2D eigenvalue weighted by atomic mass is 9.99. The second kappa shape index (κ2) is 15.2. The summed E-state index contributed by atoms with van der Waals surface area (Å²) in [6.45, 7) is -0.318. The molecule has 1 aliphatic heterocycles. The third-order valence-corrected chi connectivity index (χ3v) is 8.87. The lowest BCUT2D eigenvalue weighted by molar-refractivity contribution is -0.245. The highest BCUT2D eigenvalue weighted by Crippen LogP contribution is 2.40. The average Bonchev–Trinajstić information content (AvgIpc) is 3.15. The van der Waals surface area contributed by atoms with Crippen molar-refractivity contribution in [1.29, 1.82) is 0 Å². The monoisotopic (exact) mass is 693 g/mol. The molecule has 1 saturated heterocycles. The molecule has 0 bridgehead atoms. The second-order valence-corrected chi connectivity index (χ2v) is 12.1. The van der Waals surface area contributed by atoms with E-state index in [1.54, 1.807) is 36.7 Å². The lowest BCUT2D eigenvalue weighted by Crippen LogP contribution is -2.31. The number of aromatic nitrogens is 2. The Morgan fingerprint density at radius 1 is 0.776 bits per heavy atom. The standard InChI is InChI=1S/C36H28F5N3O4S/c37-29-28(30(38)32(40)33(41)31(29)39)34(46)44-17-21-4-1-5-23(14-21)24-6-2-7-25(15-24)35-47-26(19-49-36-42-12-3-13-43-36)16-27(48-35)22-10-8-20(18-45)9-11-22/h1-15,26-27,35,45H,16-19H2,(H,44,46). The summed E-state index contributed by atoms with van der Waals surface area (Å²) in [5.41, 5.74) is 2.92. The fourth-order valence-corrected chi connectivity index (χ4v) is 6.17. The van der Waals surface area contributed by atoms with E-state index in [1.165, 1.54) is 11.8 Å². The third kappa shape index (κ3) is 7.81. The summed E-state index contributed by atoms with van der Waals surface area (Å²) in [5.74, 6) is -12.0. The predicted molar refractivity (Wildman–Crippen MR) is 170 cm³/mol. The number of thioether (sulfide) groups is 1. The number of ether oxygens (including phenoxy) is 2. The molecule has 1 amide bonds. The first-order chi connectivity index (χ1) is 23.7. The number of halogens is 5. The molecule has 3 unspecified atom stereocenters. The van der Waals surface area contributed by atoms with Crippen LogP contribution in [0.2, 0.25) is 0 Å². The van der Waals surface area contributed by atoms with Crippen molar-refractivity contribution in [1.82, 2.24) is 15.3 Å². The van der Waals surface area contributed by atoms with Crippen molar-refractivity contribution < 1.29 is 41.3 Å². The molecular weight excluding hydrogens is 665 g/mol. The summed E-state index contributed by atoms with van der Waals surface area (Å²) in [7, 11) is 0. The van der Waals surface area contributed by atoms with Crippen LogP contribution in [0.15, 0.2) is 96.4 Å². The lowest BCUT2D eigenvalue weighted by Gasteiger charge is -2.36. The van der Waals surface area contributed by atoms with Crippen molar-refractivity contribution in [3.8, 4) is 11.1 Å². The van der Waals surface area contributed by atoms with Crippen LogP contribution in [-0.4, -0.2) is 32.8 Å². The smallest absolute Gasteiger partial charge is 0.257 e. The molecular formula is C36H28F5N3O4S. The maximum absolute atomic E-state index is 14.1. The molecule has 0 radical (unpaired) electrons. The van der Waals surface area contributed by atoms with Gasteiger partial charge < -0.3 is 19.9 Å². The van der Waals surface area contributed by atoms with E-state index in [4.69, 9.17) is 9.47 Å². The number of carbonyl (C=O) groups excluding carboxylic acids is 1. The first-order valence-electron chi connectivity index (χ1n) is 15.1. The number of rotatable bonds is 10. The summed E-state index contributed by atoms with van der Waals surface area (Å²) < 4.78 is 81.8. The zero-order chi connectivity index (χ0) is 34.5. The van der Waals surface area contributed by atoms with Gasteiger partial charge in [-0.05, 0) is 46.0 Å². The molecule has 0 saturated carbocycles. The number of aliphatic hydroxyl groups is 1. The quantitative estimate of drug-likeness (QED) is 0.0512. The van der Waals surface area contributed by atoms with Gasteiger partial charge in [-0.3, -0.25) is 4.79 Å². The van der Waals surface area contributed by atoms with Gasteiger partial charge in [-0.2, -0.15) is 0 Å². The molecule has 2 N–H and O–H groups in total. The van der Waals surface area contributed by atoms with E-state index in [0.717, 1.165) is 27.8 Å². The third-order valence-electron chi connectivity index (χ3n) is 7.86. The SMILES string of the molecule is O=C(NCc1cccc(-c2cccc(C3OC(CSc4ncccn4)CC(c4ccc(CO)cc4)O3)c2)c1)c1c(F)c(F)c(F)c(F)c1F. The fourth-order valence-electron chi connectivity index (χ4n) is 5.35. The Labute approximate surface area is 282 Å². The van der Waals surface area contributed by atoms with Crippen LogP contribution < -0.4 is 5.32 Å². The number of carbonyl (C=O) groups is 1. The van der Waals surface area contributed by atoms with Gasteiger partial charge in [0.15, 0.2) is 34.7 Å². The highest BCUT2D eigenvalue weighted by atomic mass is 32.2. The Morgan fingerprint density at radius 2 is 1.43 bits per heavy atom. The number of hydrogen-bond acceptors (Lipinski definition) is 7. The molecule has 7 nitrogen and oxygen atoms in total. The maximum Gasteiger partial charge on any atom is 0.257 e. The Hall–Kier alpha value is -4.69. The van der Waals surface area contributed by atoms with Crippen molar-refractivity contribution >= 4 is 17.7 Å². The summed E-state index contributed by atoms with van der Waals surface area (Å²) in [6.07, 6.45) is 2.67. The fraction of sp³-hybridized carbons (Fsp3) is 0.194. The van der Waals surface area contributed by atoms with Crippen LogP contribution in [0.25, 0.3) is 11.1 Å². The minimum Gasteiger partial charge on any atom is -0.392 e. The summed E-state index contributed by atoms with van der Waals surface area (Å²) in [4.78, 5) is 21.0. The number of nitrogens with zero attached hydrogens (tertiary/aromatic N) is 2. The number of amides is 1. The molecule has 13 heteroatoms. The molecule has 1 aromatic heterocycles. The molecule has 5 aromatic rings. The van der Waals surface area contributed by atoms with Crippen LogP contribution in [0, 0.1) is 29.1 Å². The van der Waals surface area contributed by atoms with Crippen LogP contribution in [0.1, 0.15) is 51.4 Å². The van der Waals surface area contributed by atoms with E-state index in [2.05, 4.69) is 15.3 Å². The molecule has 0 spiro atoms. The largest absolute Gasteiger partial charge is 0.392 e. The zero-order valence-corrected chi connectivity index (χ0v) is 26.4. The normalized spacial score (nSPS) is 17.6. The molecule has 252 valence electrons. The Bertz CT molecular complexity index is 1920. The number of hydrogen-bond donors (Lipinski definition) is 2. The molecule has 2 heterocycles. The minimum absolute atomic E-state index is 0.0699. The topological polar surface area (TPSA) is 93.6 Å². The summed E-state index contributed by atoms with van der Waals surface area (Å²) >= 11 is 1.48. The minimum atomic E-state index is -2.34. The van der Waals surface area contributed by atoms with E-state index in [0.29, 0.717) is 22.9 Å². The Kier molecular flexibility index (Phi) is 10.6. The molecule has 4 aromatic carbocycles. The van der Waals surface area contributed by atoms with Crippen molar-refractivity contribution in [2.75, 3.05) is 5.75 Å². The van der Waals surface area contributed by atoms with Crippen molar-refractivity contribution in [2.24, 2.45) is 0 Å². The first-order valence-corrected chi connectivity index (χ1v) is 16.1. The van der Waals surface area contributed by atoms with E-state index in [1.807, 2.05) is 54.6 Å². The molecule has 49 heavy (non-hydrogen) atoms. The molecule has 6 rings (SSSR count). The van der Waals surface area contributed by atoms with Crippen LogP contribution in [0.4, 0.5) is 22.0 Å². The van der Waals surface area contributed by atoms with Crippen molar-refractivity contribution in [2.45, 2.75) is 43.2 Å². The van der Waals surface area contributed by atoms with Gasteiger partial charge in [-0.15, -0.1) is 0 Å². The van der Waals surface area contributed by atoms with E-state index in [9.17, 15) is 31.9 Å². The highest BCUT2D eigenvalue weighted by molar-refractivity contribution is 7.99. The summed E-state index contributed by atoms with van der Waals surface area (Å²) in [6, 6.07) is 23.7. The molecule has 0 aliphatic carbocycles. The Morgan fingerprint density at radius 3 is 2.12 bits per heavy atom. The molecule has 1 fully saturated rings. The van der Waals surface area contributed by atoms with Gasteiger partial charge in [-0.25, -0.2) is 31.9 Å². The molecule has 3 atom stereocenters. The van der Waals surface area contributed by atoms with Crippen LogP contribution >= 0.6 is 11.8 Å². The van der Waals surface area contributed by atoms with Gasteiger partial charge in [0.25, 0.3) is 5.91 Å². The number of nitrogens with one attached hydrogen (secondary N) is 1. The van der Waals surface area contributed by atoms with Crippen molar-refractivity contribution in [3.05, 3.63) is 148 Å². The van der Waals surface area contributed by atoms with E-state index < -0.39 is 46.8 Å². The Balaban J connectivity index is 1.20. The predicted octanol–water partition coefficient (Wildman–Crippen LogP) is 7.60. The van der Waals surface area contributed by atoms with Gasteiger partial charge >= 0.3 is 0 Å². The van der Waals surface area contributed by atoms with Gasteiger partial charge in [0.2, 0.25) is 5.82 Å². The highest BCUT2D eigenvalue weighted by Gasteiger charge is 2.33. The number of benzene rings is 4. The van der Waals surface area contributed by atoms with Gasteiger partial charge in [0.05, 0.1) is 18.8 Å². The first kappa shape index (κ1) is 34.2. The number of aliphatic hydroxyl groups excluding tert-OH is 1. The van der Waals surface area contributed by atoms with Crippen LogP contribution in [0.5, 0.6) is 0 Å². The summed E-state index contributed by atoms with van der Waals surface area (Å²) in [5, 5.41) is 12.3. The van der Waals surface area contributed by atoms with Gasteiger partial charge in [-0.1, -0.05) is 72.4 Å². The van der Waals surface area contributed by atoms with E-state index in [-0.39, 0.29) is 25.4 Å². The van der Waals surface area contributed by atoms with E-state index >= 15 is 0 Å². The maximum atomic E-state index is 14.1. The van der Waals surface area contributed by atoms with Crippen molar-refractivity contribution in [3.63, 3.8) is 0 Å². The zero-order valence-electron chi connectivity index (χ0n) is 25.6. The molecule has 1 aliphatic rings. The average molecular weight is 694 g/mol.